The molecule has 0 unspecified atom stereocenters. The lowest BCUT2D eigenvalue weighted by Crippen LogP contribution is -2.00. The normalized spacial score (nSPS) is 11.5. The first-order chi connectivity index (χ1) is 22.7. The van der Waals surface area contributed by atoms with E-state index in [4.69, 9.17) is 19.4 Å². The summed E-state index contributed by atoms with van der Waals surface area (Å²) in [6.45, 7) is 0. The first-order valence-corrected chi connectivity index (χ1v) is 15.7. The van der Waals surface area contributed by atoms with Crippen LogP contribution in [0.5, 0.6) is 0 Å². The van der Waals surface area contributed by atoms with Gasteiger partial charge in [0.15, 0.2) is 17.5 Å². The standard InChI is InChI=1S/C40H22N4OS/c41-23-24-16-18-26(19-17-24)39-42-38(25-8-2-1-3-9-25)43-40(44-39)31-13-6-12-30-36-28(11-7-14-33(36)45-37(30)31)27-20-21-35-32(22-27)29-10-4-5-15-34(29)46-35/h1-22H. The van der Waals surface area contributed by atoms with Gasteiger partial charge >= 0.3 is 0 Å². The highest BCUT2D eigenvalue weighted by molar-refractivity contribution is 7.25. The van der Waals surface area contributed by atoms with Crippen LogP contribution >= 0.6 is 11.3 Å². The predicted molar refractivity (Wildman–Crippen MR) is 186 cm³/mol. The molecule has 0 fully saturated rings. The summed E-state index contributed by atoms with van der Waals surface area (Å²) in [5.74, 6) is 1.61. The van der Waals surface area contributed by atoms with Crippen LogP contribution in [0.25, 0.3) is 87.4 Å². The Morgan fingerprint density at radius 1 is 0.522 bits per heavy atom. The second-order valence-electron chi connectivity index (χ2n) is 11.1. The molecular formula is C40H22N4OS. The van der Waals surface area contributed by atoms with Crippen LogP contribution in [0.15, 0.2) is 138 Å². The van der Waals surface area contributed by atoms with Crippen LogP contribution in [0.2, 0.25) is 0 Å². The van der Waals surface area contributed by atoms with E-state index in [-0.39, 0.29) is 0 Å². The van der Waals surface area contributed by atoms with Gasteiger partial charge in [0.25, 0.3) is 0 Å². The van der Waals surface area contributed by atoms with E-state index in [2.05, 4.69) is 66.7 Å². The van der Waals surface area contributed by atoms with E-state index >= 15 is 0 Å². The van der Waals surface area contributed by atoms with Crippen molar-refractivity contribution in [1.29, 1.82) is 5.26 Å². The monoisotopic (exact) mass is 606 g/mol. The molecule has 0 atom stereocenters. The van der Waals surface area contributed by atoms with Crippen molar-refractivity contribution in [3.63, 3.8) is 0 Å². The third-order valence-electron chi connectivity index (χ3n) is 8.39. The molecule has 3 aromatic heterocycles. The maximum atomic E-state index is 9.31. The van der Waals surface area contributed by atoms with E-state index in [0.29, 0.717) is 23.0 Å². The molecule has 46 heavy (non-hydrogen) atoms. The van der Waals surface area contributed by atoms with Gasteiger partial charge in [-0.3, -0.25) is 0 Å². The Labute approximate surface area is 267 Å². The second-order valence-corrected chi connectivity index (χ2v) is 12.2. The number of nitrogens with zero attached hydrogens (tertiary/aromatic N) is 4. The van der Waals surface area contributed by atoms with Gasteiger partial charge in [0.2, 0.25) is 0 Å². The van der Waals surface area contributed by atoms with Crippen molar-refractivity contribution in [3.8, 4) is 51.4 Å². The fourth-order valence-electron chi connectivity index (χ4n) is 6.19. The molecule has 9 aromatic rings. The van der Waals surface area contributed by atoms with E-state index in [9.17, 15) is 5.26 Å². The number of benzene rings is 6. The van der Waals surface area contributed by atoms with Gasteiger partial charge in [0.05, 0.1) is 17.2 Å². The van der Waals surface area contributed by atoms with Crippen LogP contribution in [-0.2, 0) is 0 Å². The predicted octanol–water partition coefficient (Wildman–Crippen LogP) is 10.7. The number of hydrogen-bond donors (Lipinski definition) is 0. The molecule has 3 heterocycles. The number of aromatic nitrogens is 3. The summed E-state index contributed by atoms with van der Waals surface area (Å²) in [5.41, 5.74) is 6.84. The number of thiophene rings is 1. The second kappa shape index (κ2) is 10.5. The van der Waals surface area contributed by atoms with Crippen LogP contribution < -0.4 is 0 Å². The van der Waals surface area contributed by atoms with Crippen molar-refractivity contribution >= 4 is 53.4 Å². The van der Waals surface area contributed by atoms with Gasteiger partial charge in [0.1, 0.15) is 11.2 Å². The SMILES string of the molecule is N#Cc1ccc(-c2nc(-c3ccccc3)nc(-c3cccc4c3oc3cccc(-c5ccc6sc7ccccc7c6c5)c34)n2)cc1. The van der Waals surface area contributed by atoms with Crippen LogP contribution in [-0.4, -0.2) is 15.0 Å². The lowest BCUT2D eigenvalue weighted by atomic mass is 9.97. The van der Waals surface area contributed by atoms with Crippen molar-refractivity contribution in [1.82, 2.24) is 15.0 Å². The third kappa shape index (κ3) is 4.26. The zero-order valence-electron chi connectivity index (χ0n) is 24.3. The van der Waals surface area contributed by atoms with Gasteiger partial charge in [-0.25, -0.2) is 15.0 Å². The molecule has 6 aromatic carbocycles. The van der Waals surface area contributed by atoms with Crippen molar-refractivity contribution < 1.29 is 4.42 Å². The maximum Gasteiger partial charge on any atom is 0.167 e. The molecule has 6 heteroatoms. The Morgan fingerprint density at radius 3 is 2.00 bits per heavy atom. The number of rotatable bonds is 4. The fourth-order valence-corrected chi connectivity index (χ4v) is 7.28. The number of furan rings is 1. The van der Waals surface area contributed by atoms with Crippen LogP contribution in [0.4, 0.5) is 0 Å². The van der Waals surface area contributed by atoms with Crippen molar-refractivity contribution in [2.45, 2.75) is 0 Å². The number of nitriles is 1. The summed E-state index contributed by atoms with van der Waals surface area (Å²) in [6.07, 6.45) is 0. The molecule has 9 rings (SSSR count). The van der Waals surface area contributed by atoms with Gasteiger partial charge in [-0.1, -0.05) is 78.9 Å². The Bertz CT molecular complexity index is 2650. The summed E-state index contributed by atoms with van der Waals surface area (Å²) in [7, 11) is 0. The highest BCUT2D eigenvalue weighted by Crippen LogP contribution is 2.42. The minimum absolute atomic E-state index is 0.519. The Kier molecular flexibility index (Phi) is 5.98. The zero-order valence-corrected chi connectivity index (χ0v) is 25.1. The van der Waals surface area contributed by atoms with Crippen molar-refractivity contribution in [2.24, 2.45) is 0 Å². The van der Waals surface area contributed by atoms with Gasteiger partial charge in [-0.2, -0.15) is 5.26 Å². The molecule has 0 amide bonds. The van der Waals surface area contributed by atoms with Gasteiger partial charge < -0.3 is 4.42 Å². The Balaban J connectivity index is 1.25. The average Bonchev–Trinajstić information content (AvgIpc) is 3.70. The Hall–Kier alpha value is -6.16. The zero-order chi connectivity index (χ0) is 30.6. The molecule has 0 aliphatic heterocycles. The van der Waals surface area contributed by atoms with Crippen molar-refractivity contribution in [2.75, 3.05) is 0 Å². The number of para-hydroxylation sites is 1. The molecular weight excluding hydrogens is 585 g/mol. The summed E-state index contributed by atoms with van der Waals surface area (Å²) in [5, 5.41) is 13.9. The molecule has 0 N–H and O–H groups in total. The van der Waals surface area contributed by atoms with Gasteiger partial charge in [-0.15, -0.1) is 11.3 Å². The maximum absolute atomic E-state index is 9.31. The van der Waals surface area contributed by atoms with Crippen LogP contribution in [0.3, 0.4) is 0 Å². The molecule has 0 aliphatic carbocycles. The van der Waals surface area contributed by atoms with Gasteiger partial charge in [-0.05, 0) is 65.7 Å². The van der Waals surface area contributed by atoms with Crippen molar-refractivity contribution in [3.05, 3.63) is 139 Å². The highest BCUT2D eigenvalue weighted by atomic mass is 32.1. The molecule has 0 saturated carbocycles. The average molecular weight is 607 g/mol. The van der Waals surface area contributed by atoms with Crippen LogP contribution in [0, 0.1) is 11.3 Å². The summed E-state index contributed by atoms with van der Waals surface area (Å²) >= 11 is 1.82. The first kappa shape index (κ1) is 26.3. The van der Waals surface area contributed by atoms with E-state index in [1.807, 2.05) is 72.0 Å². The first-order valence-electron chi connectivity index (χ1n) is 14.9. The quantitative estimate of drug-likeness (QED) is 0.199. The molecule has 0 radical (unpaired) electrons. The molecule has 0 bridgehead atoms. The smallest absolute Gasteiger partial charge is 0.167 e. The molecule has 0 aliphatic rings. The van der Waals surface area contributed by atoms with Gasteiger partial charge in [0, 0.05) is 42.1 Å². The molecule has 214 valence electrons. The lowest BCUT2D eigenvalue weighted by molar-refractivity contribution is 0.669. The largest absolute Gasteiger partial charge is 0.455 e. The fraction of sp³-hybridized carbons (Fsp3) is 0. The molecule has 5 nitrogen and oxygen atoms in total. The Morgan fingerprint density at radius 2 is 1.17 bits per heavy atom. The lowest BCUT2D eigenvalue weighted by Gasteiger charge is -2.09. The van der Waals surface area contributed by atoms with E-state index < -0.39 is 0 Å². The molecule has 0 spiro atoms. The van der Waals surface area contributed by atoms with E-state index in [1.54, 1.807) is 12.1 Å². The summed E-state index contributed by atoms with van der Waals surface area (Å²) < 4.78 is 9.20. The summed E-state index contributed by atoms with van der Waals surface area (Å²) in [4.78, 5) is 14.7. The number of fused-ring (bicyclic) bond motifs is 6. The molecule has 0 saturated heterocycles. The summed E-state index contributed by atoms with van der Waals surface area (Å²) in [6, 6.07) is 47.0. The van der Waals surface area contributed by atoms with E-state index in [1.165, 1.54) is 20.2 Å². The minimum atomic E-state index is 0.519. The highest BCUT2D eigenvalue weighted by Gasteiger charge is 2.20. The third-order valence-corrected chi connectivity index (χ3v) is 9.54. The minimum Gasteiger partial charge on any atom is -0.455 e. The topological polar surface area (TPSA) is 75.6 Å². The van der Waals surface area contributed by atoms with Crippen LogP contribution in [0.1, 0.15) is 5.56 Å². The number of hydrogen-bond acceptors (Lipinski definition) is 6. The van der Waals surface area contributed by atoms with E-state index in [0.717, 1.165) is 49.8 Å².